The predicted octanol–water partition coefficient (Wildman–Crippen LogP) is 3.60. The zero-order chi connectivity index (χ0) is 23.4. The summed E-state index contributed by atoms with van der Waals surface area (Å²) in [6.45, 7) is 1.77. The average Bonchev–Trinajstić information content (AvgIpc) is 3.18. The number of ether oxygens (including phenoxy) is 2. The van der Waals surface area contributed by atoms with Crippen molar-refractivity contribution in [1.29, 1.82) is 0 Å². The number of aromatic nitrogens is 2. The number of nitrogens with one attached hydrogen (secondary N) is 1. The van der Waals surface area contributed by atoms with E-state index in [1.807, 2.05) is 37.3 Å². The molecule has 0 bridgehead atoms. The highest BCUT2D eigenvalue weighted by atomic mass is 32.1. The van der Waals surface area contributed by atoms with Gasteiger partial charge in [0, 0.05) is 10.4 Å². The number of benzene rings is 2. The van der Waals surface area contributed by atoms with Crippen molar-refractivity contribution in [3.05, 3.63) is 75.7 Å². The number of nitrogens with zero attached hydrogens (tertiary/aromatic N) is 3. The number of rotatable bonds is 7. The molecule has 8 nitrogen and oxygen atoms in total. The summed E-state index contributed by atoms with van der Waals surface area (Å²) in [6, 6.07) is 15.0. The normalized spacial score (nSPS) is 11.1. The van der Waals surface area contributed by atoms with Gasteiger partial charge < -0.3 is 9.47 Å². The number of carbonyl (C=O) groups excluding carboxylic acids is 1. The van der Waals surface area contributed by atoms with Crippen LogP contribution >= 0.6 is 11.3 Å². The van der Waals surface area contributed by atoms with E-state index in [1.54, 1.807) is 32.4 Å². The van der Waals surface area contributed by atoms with Crippen molar-refractivity contribution in [3.63, 3.8) is 0 Å². The molecule has 0 unspecified atom stereocenters. The van der Waals surface area contributed by atoms with Crippen molar-refractivity contribution in [2.45, 2.75) is 13.5 Å². The van der Waals surface area contributed by atoms with E-state index in [4.69, 9.17) is 9.47 Å². The summed E-state index contributed by atoms with van der Waals surface area (Å²) in [5, 5.41) is 4.50. The quantitative estimate of drug-likeness (QED) is 0.335. The maximum Gasteiger partial charge on any atom is 0.263 e. The van der Waals surface area contributed by atoms with Gasteiger partial charge in [0.15, 0.2) is 11.5 Å². The monoisotopic (exact) mass is 462 g/mol. The lowest BCUT2D eigenvalue weighted by atomic mass is 10.0. The van der Waals surface area contributed by atoms with Gasteiger partial charge in [-0.05, 0) is 36.2 Å². The number of aryl methyl sites for hydroxylation is 1. The second-order valence-corrected chi connectivity index (χ2v) is 8.37. The van der Waals surface area contributed by atoms with Gasteiger partial charge in [0.1, 0.15) is 11.4 Å². The van der Waals surface area contributed by atoms with E-state index in [-0.39, 0.29) is 12.1 Å². The number of hydrazone groups is 1. The summed E-state index contributed by atoms with van der Waals surface area (Å²) in [6.07, 6.45) is 2.88. The van der Waals surface area contributed by atoms with Crippen molar-refractivity contribution < 1.29 is 14.3 Å². The van der Waals surface area contributed by atoms with E-state index in [0.29, 0.717) is 21.7 Å². The summed E-state index contributed by atoms with van der Waals surface area (Å²) < 4.78 is 11.8. The van der Waals surface area contributed by atoms with Crippen LogP contribution in [0.15, 0.2) is 64.8 Å². The maximum absolute atomic E-state index is 13.2. The fourth-order valence-electron chi connectivity index (χ4n) is 3.50. The van der Waals surface area contributed by atoms with Crippen LogP contribution in [0.1, 0.15) is 10.4 Å². The molecule has 0 radical (unpaired) electrons. The SMILES string of the molecule is COc1ccc(/C=N/NC(=O)Cn2cnc3sc(C)c(-c4ccccc4)c3c2=O)cc1OC. The molecule has 0 spiro atoms. The van der Waals surface area contributed by atoms with Gasteiger partial charge in [-0.15, -0.1) is 11.3 Å². The molecular weight excluding hydrogens is 440 g/mol. The number of carbonyl (C=O) groups is 1. The van der Waals surface area contributed by atoms with E-state index < -0.39 is 5.91 Å². The van der Waals surface area contributed by atoms with Gasteiger partial charge in [-0.25, -0.2) is 10.4 Å². The first-order chi connectivity index (χ1) is 16.0. The molecule has 0 saturated carbocycles. The third kappa shape index (κ3) is 4.63. The summed E-state index contributed by atoms with van der Waals surface area (Å²) in [4.78, 5) is 31.7. The molecule has 9 heteroatoms. The molecule has 2 aromatic heterocycles. The Morgan fingerprint density at radius 2 is 1.91 bits per heavy atom. The van der Waals surface area contributed by atoms with Gasteiger partial charge >= 0.3 is 0 Å². The summed E-state index contributed by atoms with van der Waals surface area (Å²) in [7, 11) is 3.10. The minimum atomic E-state index is -0.441. The minimum absolute atomic E-state index is 0.200. The smallest absolute Gasteiger partial charge is 0.263 e. The fourth-order valence-corrected chi connectivity index (χ4v) is 4.51. The molecule has 4 aromatic rings. The van der Waals surface area contributed by atoms with Crippen LogP contribution in [-0.2, 0) is 11.3 Å². The van der Waals surface area contributed by atoms with E-state index >= 15 is 0 Å². The molecule has 4 rings (SSSR count). The zero-order valence-corrected chi connectivity index (χ0v) is 19.2. The Bertz CT molecular complexity index is 1390. The standard InChI is InChI=1S/C24H22N4O4S/c1-15-21(17-7-5-4-6-8-17)22-23(33-15)25-14-28(24(22)30)13-20(29)27-26-12-16-9-10-18(31-2)19(11-16)32-3/h4-12,14H,13H2,1-3H3,(H,27,29)/b26-12+. The van der Waals surface area contributed by atoms with E-state index in [0.717, 1.165) is 21.6 Å². The highest BCUT2D eigenvalue weighted by Crippen LogP contribution is 2.35. The van der Waals surface area contributed by atoms with E-state index in [9.17, 15) is 9.59 Å². The fraction of sp³-hybridized carbons (Fsp3) is 0.167. The summed E-state index contributed by atoms with van der Waals surface area (Å²) in [5.41, 5.74) is 4.70. The summed E-state index contributed by atoms with van der Waals surface area (Å²) >= 11 is 1.46. The number of fused-ring (bicyclic) bond motifs is 1. The van der Waals surface area contributed by atoms with Crippen molar-refractivity contribution in [2.24, 2.45) is 5.10 Å². The lowest BCUT2D eigenvalue weighted by Crippen LogP contribution is -2.30. The van der Waals surface area contributed by atoms with Gasteiger partial charge in [0.2, 0.25) is 0 Å². The molecule has 0 saturated heterocycles. The molecule has 33 heavy (non-hydrogen) atoms. The van der Waals surface area contributed by atoms with Crippen LogP contribution in [-0.4, -0.2) is 35.9 Å². The Morgan fingerprint density at radius 1 is 1.15 bits per heavy atom. The van der Waals surface area contributed by atoms with Crippen LogP contribution in [0.2, 0.25) is 0 Å². The Kier molecular flexibility index (Phi) is 6.50. The Balaban J connectivity index is 1.53. The molecular formula is C24H22N4O4S. The number of hydrogen-bond donors (Lipinski definition) is 1. The molecule has 0 aliphatic carbocycles. The first kappa shape index (κ1) is 22.2. The lowest BCUT2D eigenvalue weighted by Gasteiger charge is -2.07. The largest absolute Gasteiger partial charge is 0.493 e. The molecule has 1 N–H and O–H groups in total. The Labute approximate surface area is 194 Å². The van der Waals surface area contributed by atoms with Crippen LogP contribution in [0.25, 0.3) is 21.3 Å². The molecule has 0 fully saturated rings. The van der Waals surface area contributed by atoms with E-state index in [1.165, 1.54) is 28.4 Å². The third-order valence-electron chi connectivity index (χ3n) is 5.04. The summed E-state index contributed by atoms with van der Waals surface area (Å²) in [5.74, 6) is 0.710. The van der Waals surface area contributed by atoms with Crippen LogP contribution in [0.4, 0.5) is 0 Å². The van der Waals surface area contributed by atoms with E-state index in [2.05, 4.69) is 15.5 Å². The van der Waals surface area contributed by atoms with Gasteiger partial charge in [-0.2, -0.15) is 5.10 Å². The first-order valence-electron chi connectivity index (χ1n) is 10.1. The van der Waals surface area contributed by atoms with Crippen LogP contribution < -0.4 is 20.5 Å². The maximum atomic E-state index is 13.2. The topological polar surface area (TPSA) is 94.8 Å². The Morgan fingerprint density at radius 3 is 2.64 bits per heavy atom. The van der Waals surface area contributed by atoms with Gasteiger partial charge in [-0.3, -0.25) is 14.2 Å². The van der Waals surface area contributed by atoms with Crippen molar-refractivity contribution in [1.82, 2.24) is 15.0 Å². The number of thiophene rings is 1. The second kappa shape index (κ2) is 9.66. The van der Waals surface area contributed by atoms with Gasteiger partial charge in [0.25, 0.3) is 11.5 Å². The predicted molar refractivity (Wildman–Crippen MR) is 129 cm³/mol. The molecule has 0 aliphatic rings. The van der Waals surface area contributed by atoms with Crippen LogP contribution in [0, 0.1) is 6.92 Å². The average molecular weight is 463 g/mol. The van der Waals surface area contributed by atoms with Crippen LogP contribution in [0.3, 0.4) is 0 Å². The number of hydrogen-bond acceptors (Lipinski definition) is 7. The lowest BCUT2D eigenvalue weighted by molar-refractivity contribution is -0.121. The highest BCUT2D eigenvalue weighted by molar-refractivity contribution is 7.19. The van der Waals surface area contributed by atoms with Crippen LogP contribution in [0.5, 0.6) is 11.5 Å². The number of methoxy groups -OCH3 is 2. The zero-order valence-electron chi connectivity index (χ0n) is 18.4. The van der Waals surface area contributed by atoms with Gasteiger partial charge in [0.05, 0.1) is 32.1 Å². The molecule has 2 heterocycles. The Hall–Kier alpha value is -3.98. The first-order valence-corrected chi connectivity index (χ1v) is 10.9. The van der Waals surface area contributed by atoms with Crippen molar-refractivity contribution in [2.75, 3.05) is 14.2 Å². The third-order valence-corrected chi connectivity index (χ3v) is 6.05. The number of amides is 1. The highest BCUT2D eigenvalue weighted by Gasteiger charge is 2.17. The minimum Gasteiger partial charge on any atom is -0.493 e. The van der Waals surface area contributed by atoms with Crippen molar-refractivity contribution >= 4 is 33.7 Å². The van der Waals surface area contributed by atoms with Crippen molar-refractivity contribution in [3.8, 4) is 22.6 Å². The molecule has 0 atom stereocenters. The van der Waals surface area contributed by atoms with Gasteiger partial charge in [-0.1, -0.05) is 30.3 Å². The molecule has 168 valence electrons. The second-order valence-electron chi connectivity index (χ2n) is 7.16. The molecule has 2 aromatic carbocycles. The molecule has 1 amide bonds. The molecule has 0 aliphatic heterocycles.